The molecule has 2 nitrogen and oxygen atoms in total. The minimum atomic E-state index is -0.972. The van der Waals surface area contributed by atoms with Crippen LogP contribution >= 0.6 is 0 Å². The lowest BCUT2D eigenvalue weighted by Crippen LogP contribution is -2.41. The highest BCUT2D eigenvalue weighted by Crippen LogP contribution is 2.38. The summed E-state index contributed by atoms with van der Waals surface area (Å²) in [5, 5.41) is 9.20. The molecule has 1 fully saturated rings. The Morgan fingerprint density at radius 3 is 2.06 bits per heavy atom. The van der Waals surface area contributed by atoms with Crippen LogP contribution in [0.3, 0.4) is 0 Å². The van der Waals surface area contributed by atoms with E-state index >= 15 is 0 Å². The maximum Gasteiger partial charge on any atom is 0.171 e. The quantitative estimate of drug-likeness (QED) is 0.785. The minimum absolute atomic E-state index is 0.244. The predicted octanol–water partition coefficient (Wildman–Crippen LogP) is 3.20. The maximum absolute atomic E-state index is 9.20. The van der Waals surface area contributed by atoms with Crippen molar-refractivity contribution in [3.8, 4) is 0 Å². The SMILES string of the molecule is C[SiH](C)OC(C1CCC(CO)CC1)C(C)(C)C. The summed E-state index contributed by atoms with van der Waals surface area (Å²) in [7, 11) is -0.972. The first-order valence-corrected chi connectivity index (χ1v) is 9.89. The lowest BCUT2D eigenvalue weighted by Gasteiger charge is -2.41. The van der Waals surface area contributed by atoms with Gasteiger partial charge in [0.25, 0.3) is 0 Å². The van der Waals surface area contributed by atoms with Gasteiger partial charge in [0.2, 0.25) is 0 Å². The van der Waals surface area contributed by atoms with E-state index in [9.17, 15) is 5.11 Å². The third-order valence-electron chi connectivity index (χ3n) is 3.85. The highest BCUT2D eigenvalue weighted by Gasteiger charge is 2.35. The Bertz CT molecular complexity index is 215. The van der Waals surface area contributed by atoms with Gasteiger partial charge in [0.1, 0.15) is 0 Å². The van der Waals surface area contributed by atoms with Crippen LogP contribution in [0.25, 0.3) is 0 Å². The summed E-state index contributed by atoms with van der Waals surface area (Å²) in [4.78, 5) is 0. The van der Waals surface area contributed by atoms with E-state index in [2.05, 4.69) is 33.9 Å². The molecule has 0 amide bonds. The zero-order chi connectivity index (χ0) is 13.1. The molecule has 1 saturated carbocycles. The van der Waals surface area contributed by atoms with Crippen molar-refractivity contribution >= 4 is 9.04 Å². The summed E-state index contributed by atoms with van der Waals surface area (Å²) in [6.45, 7) is 11.8. The van der Waals surface area contributed by atoms with Crippen molar-refractivity contribution in [3.05, 3.63) is 0 Å². The van der Waals surface area contributed by atoms with E-state index in [0.29, 0.717) is 24.5 Å². The molecular weight excluding hydrogens is 228 g/mol. The number of hydrogen-bond donors (Lipinski definition) is 1. The number of hydrogen-bond acceptors (Lipinski definition) is 2. The van der Waals surface area contributed by atoms with Crippen LogP contribution in [0.1, 0.15) is 46.5 Å². The van der Waals surface area contributed by atoms with Gasteiger partial charge in [-0.15, -0.1) is 0 Å². The van der Waals surface area contributed by atoms with E-state index < -0.39 is 9.04 Å². The van der Waals surface area contributed by atoms with E-state index in [0.717, 1.165) is 0 Å². The standard InChI is InChI=1S/C14H30O2Si/c1-14(2,3)13(16-17(4)5)12-8-6-11(10-15)7-9-12/h11-13,15,17H,6-10H2,1-5H3. The topological polar surface area (TPSA) is 29.5 Å². The molecule has 1 rings (SSSR count). The lowest BCUT2D eigenvalue weighted by molar-refractivity contribution is 0.00694. The Kier molecular flexibility index (Phi) is 5.67. The summed E-state index contributed by atoms with van der Waals surface area (Å²) in [5.41, 5.74) is 0.244. The fourth-order valence-electron chi connectivity index (χ4n) is 2.99. The van der Waals surface area contributed by atoms with Crippen molar-refractivity contribution in [3.63, 3.8) is 0 Å². The molecule has 0 aromatic heterocycles. The van der Waals surface area contributed by atoms with E-state index in [1.807, 2.05) is 0 Å². The molecule has 0 spiro atoms. The molecule has 1 atom stereocenters. The van der Waals surface area contributed by atoms with Crippen LogP contribution in [-0.4, -0.2) is 26.9 Å². The summed E-state index contributed by atoms with van der Waals surface area (Å²) in [6.07, 6.45) is 5.23. The molecule has 17 heavy (non-hydrogen) atoms. The van der Waals surface area contributed by atoms with E-state index in [1.54, 1.807) is 0 Å². The molecule has 1 aliphatic carbocycles. The maximum atomic E-state index is 9.20. The molecule has 3 heteroatoms. The largest absolute Gasteiger partial charge is 0.417 e. The first-order chi connectivity index (χ1) is 7.84. The third kappa shape index (κ3) is 4.72. The highest BCUT2D eigenvalue weighted by molar-refractivity contribution is 6.48. The van der Waals surface area contributed by atoms with Crippen LogP contribution in [0.15, 0.2) is 0 Å². The molecule has 0 radical (unpaired) electrons. The molecule has 0 bridgehead atoms. The second kappa shape index (κ2) is 6.35. The average Bonchev–Trinajstić information content (AvgIpc) is 2.24. The van der Waals surface area contributed by atoms with Gasteiger partial charge in [0, 0.05) is 6.61 Å². The van der Waals surface area contributed by atoms with Crippen LogP contribution in [0.2, 0.25) is 13.1 Å². The predicted molar refractivity (Wildman–Crippen MR) is 75.7 cm³/mol. The van der Waals surface area contributed by atoms with Gasteiger partial charge in [-0.05, 0) is 56.0 Å². The zero-order valence-corrected chi connectivity index (χ0v) is 13.4. The van der Waals surface area contributed by atoms with Crippen molar-refractivity contribution in [2.45, 2.75) is 65.7 Å². The lowest BCUT2D eigenvalue weighted by atomic mass is 9.72. The molecule has 0 heterocycles. The van der Waals surface area contributed by atoms with Gasteiger partial charge in [-0.2, -0.15) is 0 Å². The smallest absolute Gasteiger partial charge is 0.171 e. The van der Waals surface area contributed by atoms with Crippen LogP contribution in [0.5, 0.6) is 0 Å². The summed E-state index contributed by atoms with van der Waals surface area (Å²) in [6, 6.07) is 0. The first kappa shape index (κ1) is 15.2. The monoisotopic (exact) mass is 258 g/mol. The molecule has 1 aliphatic rings. The summed E-state index contributed by atoms with van der Waals surface area (Å²) < 4.78 is 6.30. The number of aliphatic hydroxyl groups excluding tert-OH is 1. The summed E-state index contributed by atoms with van der Waals surface area (Å²) >= 11 is 0. The molecule has 1 N–H and O–H groups in total. The van der Waals surface area contributed by atoms with E-state index in [4.69, 9.17) is 4.43 Å². The Hall–Kier alpha value is 0.137. The van der Waals surface area contributed by atoms with Crippen molar-refractivity contribution < 1.29 is 9.53 Å². The Morgan fingerprint density at radius 1 is 1.18 bits per heavy atom. The van der Waals surface area contributed by atoms with Gasteiger partial charge < -0.3 is 9.53 Å². The normalized spacial score (nSPS) is 28.4. The van der Waals surface area contributed by atoms with Crippen molar-refractivity contribution in [1.82, 2.24) is 0 Å². The molecule has 102 valence electrons. The fourth-order valence-corrected chi connectivity index (χ4v) is 4.21. The fraction of sp³-hybridized carbons (Fsp3) is 1.00. The van der Waals surface area contributed by atoms with Crippen LogP contribution < -0.4 is 0 Å². The average molecular weight is 258 g/mol. The third-order valence-corrected chi connectivity index (χ3v) is 4.69. The molecule has 0 saturated heterocycles. The molecule has 1 unspecified atom stereocenters. The van der Waals surface area contributed by atoms with Gasteiger partial charge in [-0.1, -0.05) is 20.8 Å². The second-order valence-corrected chi connectivity index (χ2v) is 9.30. The van der Waals surface area contributed by atoms with Crippen LogP contribution in [0, 0.1) is 17.3 Å². The van der Waals surface area contributed by atoms with Crippen molar-refractivity contribution in [2.75, 3.05) is 6.61 Å². The number of rotatable bonds is 4. The van der Waals surface area contributed by atoms with Gasteiger partial charge in [-0.25, -0.2) is 0 Å². The summed E-state index contributed by atoms with van der Waals surface area (Å²) in [5.74, 6) is 1.25. The van der Waals surface area contributed by atoms with Gasteiger partial charge >= 0.3 is 0 Å². The first-order valence-electron chi connectivity index (χ1n) is 7.11. The van der Waals surface area contributed by atoms with Crippen molar-refractivity contribution in [2.24, 2.45) is 17.3 Å². The Morgan fingerprint density at radius 2 is 1.71 bits per heavy atom. The Balaban J connectivity index is 2.59. The van der Waals surface area contributed by atoms with Gasteiger partial charge in [-0.3, -0.25) is 0 Å². The van der Waals surface area contributed by atoms with E-state index in [1.165, 1.54) is 25.7 Å². The minimum Gasteiger partial charge on any atom is -0.417 e. The van der Waals surface area contributed by atoms with Gasteiger partial charge in [0.05, 0.1) is 6.10 Å². The molecule has 0 aliphatic heterocycles. The van der Waals surface area contributed by atoms with Crippen LogP contribution in [0.4, 0.5) is 0 Å². The number of aliphatic hydroxyl groups is 1. The van der Waals surface area contributed by atoms with Crippen molar-refractivity contribution in [1.29, 1.82) is 0 Å². The van der Waals surface area contributed by atoms with E-state index in [-0.39, 0.29) is 5.41 Å². The Labute approximate surface area is 108 Å². The second-order valence-electron chi connectivity index (χ2n) is 6.93. The zero-order valence-electron chi connectivity index (χ0n) is 12.2. The molecule has 0 aromatic rings. The molecular formula is C14H30O2Si. The molecule has 0 aromatic carbocycles. The van der Waals surface area contributed by atoms with Crippen LogP contribution in [-0.2, 0) is 4.43 Å². The highest BCUT2D eigenvalue weighted by atomic mass is 28.3. The van der Waals surface area contributed by atoms with Gasteiger partial charge in [0.15, 0.2) is 9.04 Å².